The zero-order valence-corrected chi connectivity index (χ0v) is 9.50. The molecular formula is C13H23N. The second kappa shape index (κ2) is 4.48. The van der Waals surface area contributed by atoms with Gasteiger partial charge in [0.2, 0.25) is 0 Å². The molecule has 14 heavy (non-hydrogen) atoms. The van der Waals surface area contributed by atoms with Crippen molar-refractivity contribution >= 4 is 0 Å². The maximum Gasteiger partial charge on any atom is 0.0218 e. The summed E-state index contributed by atoms with van der Waals surface area (Å²) in [4.78, 5) is 0. The monoisotopic (exact) mass is 193 g/mol. The Hall–Kier alpha value is -0.300. The molecule has 0 radical (unpaired) electrons. The van der Waals surface area contributed by atoms with Crippen molar-refractivity contribution < 1.29 is 0 Å². The molecule has 2 bridgehead atoms. The van der Waals surface area contributed by atoms with Crippen LogP contribution in [0, 0.1) is 17.8 Å². The summed E-state index contributed by atoms with van der Waals surface area (Å²) in [6.45, 7) is 2.22. The first-order valence-corrected chi connectivity index (χ1v) is 6.15. The van der Waals surface area contributed by atoms with E-state index in [1.54, 1.807) is 0 Å². The van der Waals surface area contributed by atoms with Gasteiger partial charge in [-0.1, -0.05) is 25.0 Å². The number of rotatable bonds is 3. The predicted octanol–water partition coefficient (Wildman–Crippen LogP) is 2.98. The van der Waals surface area contributed by atoms with Crippen LogP contribution >= 0.6 is 0 Å². The van der Waals surface area contributed by atoms with Crippen LogP contribution in [0.1, 0.15) is 39.0 Å². The molecule has 1 N–H and O–H groups in total. The second-order valence-corrected chi connectivity index (χ2v) is 5.14. The quantitative estimate of drug-likeness (QED) is 0.679. The Labute approximate surface area is 88.0 Å². The first-order valence-electron chi connectivity index (χ1n) is 6.15. The van der Waals surface area contributed by atoms with Crippen molar-refractivity contribution in [2.75, 3.05) is 7.05 Å². The third kappa shape index (κ3) is 2.20. The molecule has 0 aromatic carbocycles. The van der Waals surface area contributed by atoms with E-state index < -0.39 is 0 Å². The minimum Gasteiger partial charge on any atom is -0.314 e. The molecule has 3 aliphatic rings. The fourth-order valence-electron chi connectivity index (χ4n) is 3.07. The summed E-state index contributed by atoms with van der Waals surface area (Å²) in [5.74, 6) is 2.97. The third-order valence-corrected chi connectivity index (χ3v) is 4.20. The highest BCUT2D eigenvalue weighted by atomic mass is 14.8. The van der Waals surface area contributed by atoms with Gasteiger partial charge in [-0.25, -0.2) is 0 Å². The lowest BCUT2D eigenvalue weighted by atomic mass is 9.64. The Balaban J connectivity index is 1.89. The maximum atomic E-state index is 3.26. The standard InChI is InChI=1S/C13H23N/c1-10(14-2)3-6-13-9-11-4-7-12(13)8-5-11/h3,6,10-14H,4-5,7-9H2,1-2H3/b6-3+. The topological polar surface area (TPSA) is 12.0 Å². The second-order valence-electron chi connectivity index (χ2n) is 5.14. The lowest BCUT2D eigenvalue weighted by Gasteiger charge is -2.41. The van der Waals surface area contributed by atoms with Gasteiger partial charge in [-0.05, 0) is 51.0 Å². The summed E-state index contributed by atoms with van der Waals surface area (Å²) < 4.78 is 0. The van der Waals surface area contributed by atoms with E-state index in [4.69, 9.17) is 0 Å². The van der Waals surface area contributed by atoms with Crippen LogP contribution in [0.2, 0.25) is 0 Å². The Kier molecular flexibility index (Phi) is 3.27. The van der Waals surface area contributed by atoms with Crippen LogP contribution in [-0.2, 0) is 0 Å². The molecule has 1 heteroatoms. The summed E-state index contributed by atoms with van der Waals surface area (Å²) in [6.07, 6.45) is 12.3. The molecule has 3 aliphatic carbocycles. The minimum atomic E-state index is 0.537. The third-order valence-electron chi connectivity index (χ3n) is 4.20. The van der Waals surface area contributed by atoms with Crippen molar-refractivity contribution in [1.82, 2.24) is 5.32 Å². The van der Waals surface area contributed by atoms with Crippen LogP contribution in [-0.4, -0.2) is 13.1 Å². The highest BCUT2D eigenvalue weighted by Crippen LogP contribution is 2.45. The Bertz CT molecular complexity index is 201. The molecule has 2 atom stereocenters. The average Bonchev–Trinajstić information content (AvgIpc) is 2.27. The smallest absolute Gasteiger partial charge is 0.0218 e. The van der Waals surface area contributed by atoms with Crippen molar-refractivity contribution in [2.24, 2.45) is 17.8 Å². The van der Waals surface area contributed by atoms with Gasteiger partial charge in [0.1, 0.15) is 0 Å². The predicted molar refractivity (Wildman–Crippen MR) is 61.2 cm³/mol. The van der Waals surface area contributed by atoms with Crippen LogP contribution in [0.3, 0.4) is 0 Å². The molecule has 0 aromatic rings. The van der Waals surface area contributed by atoms with E-state index in [1.807, 2.05) is 7.05 Å². The molecule has 3 rings (SSSR count). The molecule has 3 saturated carbocycles. The highest BCUT2D eigenvalue weighted by Gasteiger charge is 2.33. The first-order chi connectivity index (χ1) is 6.79. The van der Waals surface area contributed by atoms with E-state index in [-0.39, 0.29) is 0 Å². The molecule has 0 amide bonds. The van der Waals surface area contributed by atoms with E-state index in [0.717, 1.165) is 17.8 Å². The van der Waals surface area contributed by atoms with Crippen LogP contribution in [0.15, 0.2) is 12.2 Å². The van der Waals surface area contributed by atoms with Gasteiger partial charge in [0, 0.05) is 6.04 Å². The van der Waals surface area contributed by atoms with Gasteiger partial charge in [0.05, 0.1) is 0 Å². The summed E-state index contributed by atoms with van der Waals surface area (Å²) >= 11 is 0. The highest BCUT2D eigenvalue weighted by molar-refractivity contribution is 5.00. The minimum absolute atomic E-state index is 0.537. The van der Waals surface area contributed by atoms with Gasteiger partial charge in [-0.2, -0.15) is 0 Å². The van der Waals surface area contributed by atoms with Gasteiger partial charge < -0.3 is 5.32 Å². The van der Waals surface area contributed by atoms with Gasteiger partial charge in [-0.3, -0.25) is 0 Å². The number of nitrogens with one attached hydrogen (secondary N) is 1. The van der Waals surface area contributed by atoms with Crippen molar-refractivity contribution in [3.63, 3.8) is 0 Å². The fourth-order valence-corrected chi connectivity index (χ4v) is 3.07. The van der Waals surface area contributed by atoms with E-state index in [0.29, 0.717) is 6.04 Å². The van der Waals surface area contributed by atoms with Gasteiger partial charge >= 0.3 is 0 Å². The Morgan fingerprint density at radius 2 is 1.93 bits per heavy atom. The molecule has 1 nitrogen and oxygen atoms in total. The number of allylic oxidation sites excluding steroid dienone is 1. The van der Waals surface area contributed by atoms with E-state index in [1.165, 1.54) is 32.1 Å². The average molecular weight is 193 g/mol. The summed E-state index contributed by atoms with van der Waals surface area (Å²) in [6, 6.07) is 0.537. The number of hydrogen-bond donors (Lipinski definition) is 1. The van der Waals surface area contributed by atoms with Gasteiger partial charge in [0.15, 0.2) is 0 Å². The van der Waals surface area contributed by atoms with Crippen molar-refractivity contribution in [2.45, 2.75) is 45.1 Å². The van der Waals surface area contributed by atoms with Crippen molar-refractivity contribution in [3.05, 3.63) is 12.2 Å². The molecule has 2 unspecified atom stereocenters. The van der Waals surface area contributed by atoms with Crippen LogP contribution in [0.4, 0.5) is 0 Å². The molecule has 3 fully saturated rings. The lowest BCUT2D eigenvalue weighted by Crippen LogP contribution is -2.30. The summed E-state index contributed by atoms with van der Waals surface area (Å²) in [7, 11) is 2.03. The number of likely N-dealkylation sites (N-methyl/N-ethyl adjacent to an activating group) is 1. The Morgan fingerprint density at radius 3 is 2.43 bits per heavy atom. The van der Waals surface area contributed by atoms with Crippen LogP contribution in [0.5, 0.6) is 0 Å². The van der Waals surface area contributed by atoms with Crippen molar-refractivity contribution in [3.8, 4) is 0 Å². The molecular weight excluding hydrogens is 170 g/mol. The SMILES string of the molecule is CNC(C)/C=C/C1CC2CCC1CC2. The molecule has 80 valence electrons. The fraction of sp³-hybridized carbons (Fsp3) is 0.846. The summed E-state index contributed by atoms with van der Waals surface area (Å²) in [5.41, 5.74) is 0. The lowest BCUT2D eigenvalue weighted by molar-refractivity contribution is 0.128. The first kappa shape index (κ1) is 10.2. The maximum absolute atomic E-state index is 3.26. The number of hydrogen-bond acceptors (Lipinski definition) is 1. The van der Waals surface area contributed by atoms with E-state index in [2.05, 4.69) is 24.4 Å². The zero-order valence-electron chi connectivity index (χ0n) is 9.50. The Morgan fingerprint density at radius 1 is 1.21 bits per heavy atom. The normalized spacial score (nSPS) is 39.1. The van der Waals surface area contributed by atoms with Crippen molar-refractivity contribution in [1.29, 1.82) is 0 Å². The molecule has 0 aliphatic heterocycles. The molecule has 0 aromatic heterocycles. The van der Waals surface area contributed by atoms with Gasteiger partial charge in [0.25, 0.3) is 0 Å². The zero-order chi connectivity index (χ0) is 9.97. The molecule has 0 saturated heterocycles. The van der Waals surface area contributed by atoms with E-state index in [9.17, 15) is 0 Å². The van der Waals surface area contributed by atoms with Crippen LogP contribution < -0.4 is 5.32 Å². The largest absolute Gasteiger partial charge is 0.314 e. The van der Waals surface area contributed by atoms with Gasteiger partial charge in [-0.15, -0.1) is 0 Å². The van der Waals surface area contributed by atoms with Crippen LogP contribution in [0.25, 0.3) is 0 Å². The molecule has 0 spiro atoms. The number of fused-ring (bicyclic) bond motifs is 3. The summed E-state index contributed by atoms with van der Waals surface area (Å²) in [5, 5.41) is 3.26. The molecule has 0 heterocycles. The van der Waals surface area contributed by atoms with E-state index >= 15 is 0 Å².